The summed E-state index contributed by atoms with van der Waals surface area (Å²) < 4.78 is 5.11. The Kier molecular flexibility index (Phi) is 3.58. The van der Waals surface area contributed by atoms with E-state index in [0.717, 1.165) is 5.56 Å². The summed E-state index contributed by atoms with van der Waals surface area (Å²) in [5.74, 6) is 0.585. The van der Waals surface area contributed by atoms with Gasteiger partial charge in [0.25, 0.3) is 5.24 Å². The van der Waals surface area contributed by atoms with E-state index >= 15 is 0 Å². The number of halogens is 2. The molecule has 0 aliphatic rings. The first-order valence-corrected chi connectivity index (χ1v) is 4.43. The maximum absolute atomic E-state index is 10.4. The van der Waals surface area contributed by atoms with Gasteiger partial charge in [0.2, 0.25) is 0 Å². The minimum absolute atomic E-state index is 0.136. The lowest BCUT2D eigenvalue weighted by molar-refractivity contribution is -0.113. The molecule has 0 saturated heterocycles. The van der Waals surface area contributed by atoms with E-state index in [1.807, 2.05) is 6.92 Å². The lowest BCUT2D eigenvalue weighted by atomic mass is 10.2. The van der Waals surface area contributed by atoms with Crippen LogP contribution in [-0.4, -0.2) is 11.8 Å². The van der Waals surface area contributed by atoms with E-state index in [9.17, 15) is 4.79 Å². The number of carbonyl (C=O) groups excluding carboxylic acids is 1. The Morgan fingerprint density at radius 2 is 2.23 bits per heavy atom. The number of hydrogen-bond acceptors (Lipinski definition) is 2. The third kappa shape index (κ3) is 2.90. The van der Waals surface area contributed by atoms with Crippen LogP contribution in [0.25, 0.3) is 0 Å². The van der Waals surface area contributed by atoms with Crippen molar-refractivity contribution in [3.05, 3.63) is 28.8 Å². The predicted octanol–water partition coefficient (Wildman–Crippen LogP) is 2.79. The smallest absolute Gasteiger partial charge is 0.259 e. The van der Waals surface area contributed by atoms with Gasteiger partial charge in [0.05, 0.1) is 0 Å². The summed E-state index contributed by atoms with van der Waals surface area (Å²) in [6, 6.07) is 5.25. The zero-order valence-electron chi connectivity index (χ0n) is 7.01. The molecule has 1 aromatic rings. The van der Waals surface area contributed by atoms with Crippen molar-refractivity contribution >= 4 is 28.4 Å². The molecule has 4 heteroatoms. The first kappa shape index (κ1) is 10.4. The molecule has 0 atom stereocenters. The topological polar surface area (TPSA) is 26.3 Å². The van der Waals surface area contributed by atoms with Crippen molar-refractivity contribution in [1.29, 1.82) is 0 Å². The van der Waals surface area contributed by atoms with Crippen molar-refractivity contribution < 1.29 is 9.53 Å². The molecule has 0 saturated carbocycles. The summed E-state index contributed by atoms with van der Waals surface area (Å²) in [5.41, 5.74) is 0.807. The van der Waals surface area contributed by atoms with Crippen LogP contribution < -0.4 is 4.74 Å². The first-order chi connectivity index (χ1) is 6.11. The van der Waals surface area contributed by atoms with Crippen LogP contribution in [0.15, 0.2) is 18.2 Å². The highest BCUT2D eigenvalue weighted by Crippen LogP contribution is 2.24. The van der Waals surface area contributed by atoms with Gasteiger partial charge >= 0.3 is 0 Å². The van der Waals surface area contributed by atoms with Gasteiger partial charge in [-0.05, 0) is 30.7 Å². The molecule has 0 aliphatic heterocycles. The molecule has 0 amide bonds. The van der Waals surface area contributed by atoms with Gasteiger partial charge in [-0.2, -0.15) is 0 Å². The van der Waals surface area contributed by atoms with Crippen molar-refractivity contribution in [3.8, 4) is 5.75 Å². The molecule has 0 heterocycles. The van der Waals surface area contributed by atoms with E-state index in [2.05, 4.69) is 0 Å². The standard InChI is InChI=1S/C9H8Cl2O2/c1-6-7(10)3-2-4-8(6)13-5-9(11)12/h2-4H,5H2,1H3. The maximum Gasteiger partial charge on any atom is 0.259 e. The Bertz CT molecular complexity index is 323. The van der Waals surface area contributed by atoms with Gasteiger partial charge in [0, 0.05) is 10.6 Å². The Hall–Kier alpha value is -0.730. The van der Waals surface area contributed by atoms with E-state index in [1.165, 1.54) is 0 Å². The normalized spacial score (nSPS) is 9.77. The molecule has 1 rings (SSSR count). The quantitative estimate of drug-likeness (QED) is 0.730. The summed E-state index contributed by atoms with van der Waals surface area (Å²) in [6.45, 7) is 1.68. The molecular formula is C9H8Cl2O2. The monoisotopic (exact) mass is 218 g/mol. The molecule has 0 bridgehead atoms. The number of rotatable bonds is 3. The lowest BCUT2D eigenvalue weighted by Gasteiger charge is -2.07. The van der Waals surface area contributed by atoms with Crippen LogP contribution in [0.2, 0.25) is 5.02 Å². The van der Waals surface area contributed by atoms with Gasteiger partial charge in [0.1, 0.15) is 5.75 Å². The minimum atomic E-state index is -0.528. The minimum Gasteiger partial charge on any atom is -0.484 e. The molecule has 70 valence electrons. The molecule has 0 N–H and O–H groups in total. The number of hydrogen-bond donors (Lipinski definition) is 0. The molecule has 0 unspecified atom stereocenters. The zero-order chi connectivity index (χ0) is 9.84. The Balaban J connectivity index is 2.77. The summed E-state index contributed by atoms with van der Waals surface area (Å²) >= 11 is 11.0. The van der Waals surface area contributed by atoms with Crippen molar-refractivity contribution in [2.24, 2.45) is 0 Å². The molecule has 1 aromatic carbocycles. The molecule has 2 nitrogen and oxygen atoms in total. The third-order valence-electron chi connectivity index (χ3n) is 1.56. The fraction of sp³-hybridized carbons (Fsp3) is 0.222. The van der Waals surface area contributed by atoms with Gasteiger partial charge in [-0.3, -0.25) is 4.79 Å². The fourth-order valence-electron chi connectivity index (χ4n) is 0.879. The first-order valence-electron chi connectivity index (χ1n) is 3.67. The molecule has 0 aliphatic carbocycles. The summed E-state index contributed by atoms with van der Waals surface area (Å²) in [7, 11) is 0. The van der Waals surface area contributed by atoms with E-state index in [4.69, 9.17) is 27.9 Å². The van der Waals surface area contributed by atoms with E-state index < -0.39 is 5.24 Å². The van der Waals surface area contributed by atoms with Gasteiger partial charge in [-0.1, -0.05) is 17.7 Å². The van der Waals surface area contributed by atoms with Crippen LogP contribution >= 0.6 is 23.2 Å². The Morgan fingerprint density at radius 3 is 2.85 bits per heavy atom. The molecule has 13 heavy (non-hydrogen) atoms. The average molecular weight is 219 g/mol. The van der Waals surface area contributed by atoms with Crippen molar-refractivity contribution in [3.63, 3.8) is 0 Å². The van der Waals surface area contributed by atoms with Gasteiger partial charge in [0.15, 0.2) is 6.61 Å². The van der Waals surface area contributed by atoms with Crippen LogP contribution in [0.5, 0.6) is 5.75 Å². The molecule has 0 aromatic heterocycles. The zero-order valence-corrected chi connectivity index (χ0v) is 8.52. The second-order valence-electron chi connectivity index (χ2n) is 2.51. The van der Waals surface area contributed by atoms with Crippen LogP contribution in [0, 0.1) is 6.92 Å². The van der Waals surface area contributed by atoms with Crippen molar-refractivity contribution in [1.82, 2.24) is 0 Å². The largest absolute Gasteiger partial charge is 0.484 e. The van der Waals surface area contributed by atoms with Crippen molar-refractivity contribution in [2.45, 2.75) is 6.92 Å². The number of benzene rings is 1. The second kappa shape index (κ2) is 4.49. The third-order valence-corrected chi connectivity index (χ3v) is 2.08. The SMILES string of the molecule is Cc1c(Cl)cccc1OCC(=O)Cl. The summed E-state index contributed by atoms with van der Waals surface area (Å²) in [6.07, 6.45) is 0. The van der Waals surface area contributed by atoms with Gasteiger partial charge in [-0.25, -0.2) is 0 Å². The van der Waals surface area contributed by atoms with Crippen LogP contribution in [0.3, 0.4) is 0 Å². The molecule has 0 spiro atoms. The maximum atomic E-state index is 10.4. The van der Waals surface area contributed by atoms with E-state index in [1.54, 1.807) is 18.2 Å². The Morgan fingerprint density at radius 1 is 1.54 bits per heavy atom. The molecule has 0 fully saturated rings. The molecular weight excluding hydrogens is 211 g/mol. The Labute approximate surface area is 86.4 Å². The summed E-state index contributed by atoms with van der Waals surface area (Å²) in [5, 5.41) is 0.0823. The lowest BCUT2D eigenvalue weighted by Crippen LogP contribution is -2.05. The van der Waals surface area contributed by atoms with E-state index in [-0.39, 0.29) is 6.61 Å². The highest BCUT2D eigenvalue weighted by molar-refractivity contribution is 6.63. The summed E-state index contributed by atoms with van der Waals surface area (Å²) in [4.78, 5) is 10.4. The van der Waals surface area contributed by atoms with Gasteiger partial charge < -0.3 is 4.74 Å². The van der Waals surface area contributed by atoms with Crippen LogP contribution in [-0.2, 0) is 4.79 Å². The number of ether oxygens (including phenoxy) is 1. The van der Waals surface area contributed by atoms with E-state index in [0.29, 0.717) is 10.8 Å². The van der Waals surface area contributed by atoms with Crippen LogP contribution in [0.1, 0.15) is 5.56 Å². The van der Waals surface area contributed by atoms with Crippen LogP contribution in [0.4, 0.5) is 0 Å². The fourth-order valence-corrected chi connectivity index (χ4v) is 1.10. The highest BCUT2D eigenvalue weighted by Gasteiger charge is 2.04. The number of carbonyl (C=O) groups is 1. The average Bonchev–Trinajstić information content (AvgIpc) is 2.07. The second-order valence-corrected chi connectivity index (χ2v) is 3.34. The predicted molar refractivity (Wildman–Crippen MR) is 52.5 cm³/mol. The molecule has 0 radical (unpaired) electrons. The highest BCUT2D eigenvalue weighted by atomic mass is 35.5. The van der Waals surface area contributed by atoms with Crippen molar-refractivity contribution in [2.75, 3.05) is 6.61 Å². The van der Waals surface area contributed by atoms with Gasteiger partial charge in [-0.15, -0.1) is 0 Å².